The van der Waals surface area contributed by atoms with Crippen LogP contribution in [0.25, 0.3) is 11.0 Å². The second-order valence-electron chi connectivity index (χ2n) is 5.47. The molecule has 1 atom stereocenters. The van der Waals surface area contributed by atoms with Crippen molar-refractivity contribution < 1.29 is 4.74 Å². The van der Waals surface area contributed by atoms with Crippen molar-refractivity contribution in [1.29, 1.82) is 0 Å². The van der Waals surface area contributed by atoms with E-state index in [0.717, 1.165) is 40.8 Å². The third-order valence-electron chi connectivity index (χ3n) is 3.54. The maximum Gasteiger partial charge on any atom is 0.178 e. The van der Waals surface area contributed by atoms with Crippen LogP contribution in [0.3, 0.4) is 0 Å². The van der Waals surface area contributed by atoms with Crippen molar-refractivity contribution in [3.8, 4) is 5.75 Å². The van der Waals surface area contributed by atoms with Gasteiger partial charge in [0.05, 0.1) is 11.6 Å². The molecule has 0 amide bonds. The number of nitrogens with zero attached hydrogens (tertiary/aromatic N) is 1. The van der Waals surface area contributed by atoms with Gasteiger partial charge in [0.25, 0.3) is 0 Å². The highest BCUT2D eigenvalue weighted by atomic mass is 32.1. The standard InChI is InChI=1S/C16H24N2OS/c1-5-8-12(6-2)18-13-9-7-10-14(19-11(3)4)15(13)17-16(18)20/h7,9-12H,5-6,8H2,1-4H3,(H,17,20). The first-order chi connectivity index (χ1) is 9.58. The van der Waals surface area contributed by atoms with Crippen LogP contribution in [-0.4, -0.2) is 15.7 Å². The number of fused-ring (bicyclic) bond motifs is 1. The summed E-state index contributed by atoms with van der Waals surface area (Å²) in [4.78, 5) is 3.33. The molecule has 0 aliphatic carbocycles. The summed E-state index contributed by atoms with van der Waals surface area (Å²) < 4.78 is 8.92. The Kier molecular flexibility index (Phi) is 4.86. The highest BCUT2D eigenvalue weighted by molar-refractivity contribution is 7.71. The molecule has 1 aromatic carbocycles. The second kappa shape index (κ2) is 6.44. The number of ether oxygens (including phenoxy) is 1. The molecule has 20 heavy (non-hydrogen) atoms. The van der Waals surface area contributed by atoms with E-state index in [1.54, 1.807) is 0 Å². The Hall–Kier alpha value is -1.29. The van der Waals surface area contributed by atoms with Crippen LogP contribution < -0.4 is 4.74 Å². The number of benzene rings is 1. The highest BCUT2D eigenvalue weighted by Gasteiger charge is 2.15. The van der Waals surface area contributed by atoms with Crippen molar-refractivity contribution in [2.75, 3.05) is 0 Å². The molecule has 1 unspecified atom stereocenters. The smallest absolute Gasteiger partial charge is 0.178 e. The normalized spacial score (nSPS) is 13.1. The summed E-state index contributed by atoms with van der Waals surface area (Å²) in [5, 5.41) is 0. The predicted molar refractivity (Wildman–Crippen MR) is 87.1 cm³/mol. The summed E-state index contributed by atoms with van der Waals surface area (Å²) in [7, 11) is 0. The minimum Gasteiger partial charge on any atom is -0.489 e. The molecule has 1 N–H and O–H groups in total. The van der Waals surface area contributed by atoms with Gasteiger partial charge in [-0.25, -0.2) is 0 Å². The van der Waals surface area contributed by atoms with Crippen molar-refractivity contribution in [3.05, 3.63) is 23.0 Å². The summed E-state index contributed by atoms with van der Waals surface area (Å²) in [6.07, 6.45) is 3.55. The van der Waals surface area contributed by atoms with Crippen molar-refractivity contribution in [3.63, 3.8) is 0 Å². The van der Waals surface area contributed by atoms with Crippen LogP contribution in [0.15, 0.2) is 18.2 Å². The number of aromatic nitrogens is 2. The summed E-state index contributed by atoms with van der Waals surface area (Å²) in [6.45, 7) is 8.51. The van der Waals surface area contributed by atoms with Gasteiger partial charge in [-0.05, 0) is 51.0 Å². The van der Waals surface area contributed by atoms with E-state index in [-0.39, 0.29) is 6.10 Å². The number of aromatic amines is 1. The molecule has 2 aromatic rings. The number of nitrogens with one attached hydrogen (secondary N) is 1. The number of para-hydroxylation sites is 1. The molecule has 0 bridgehead atoms. The molecule has 0 aliphatic rings. The summed E-state index contributed by atoms with van der Waals surface area (Å²) in [5.74, 6) is 0.883. The maximum atomic E-state index is 5.88. The average molecular weight is 292 g/mol. The zero-order valence-corrected chi connectivity index (χ0v) is 13.6. The molecule has 1 heterocycles. The molecule has 0 aliphatic heterocycles. The monoisotopic (exact) mass is 292 g/mol. The van der Waals surface area contributed by atoms with Crippen molar-refractivity contribution in [2.24, 2.45) is 0 Å². The zero-order valence-electron chi connectivity index (χ0n) is 12.8. The van der Waals surface area contributed by atoms with Crippen LogP contribution in [0.5, 0.6) is 5.75 Å². The van der Waals surface area contributed by atoms with E-state index >= 15 is 0 Å². The Morgan fingerprint density at radius 3 is 2.65 bits per heavy atom. The van der Waals surface area contributed by atoms with E-state index in [1.165, 1.54) is 0 Å². The van der Waals surface area contributed by atoms with E-state index in [4.69, 9.17) is 17.0 Å². The molecule has 3 nitrogen and oxygen atoms in total. The first-order valence-electron chi connectivity index (χ1n) is 7.48. The molecule has 0 saturated carbocycles. The van der Waals surface area contributed by atoms with E-state index in [2.05, 4.69) is 29.5 Å². The molecule has 0 spiro atoms. The fraction of sp³-hybridized carbons (Fsp3) is 0.562. The van der Waals surface area contributed by atoms with Gasteiger partial charge in [-0.2, -0.15) is 0 Å². The van der Waals surface area contributed by atoms with Gasteiger partial charge in [0.1, 0.15) is 11.3 Å². The molecule has 2 rings (SSSR count). The van der Waals surface area contributed by atoms with E-state index in [1.807, 2.05) is 26.0 Å². The Morgan fingerprint density at radius 2 is 2.05 bits per heavy atom. The van der Waals surface area contributed by atoms with Crippen molar-refractivity contribution in [2.45, 2.75) is 59.1 Å². The highest BCUT2D eigenvalue weighted by Crippen LogP contribution is 2.30. The van der Waals surface area contributed by atoms with Gasteiger partial charge >= 0.3 is 0 Å². The molecular formula is C16H24N2OS. The molecule has 4 heteroatoms. The van der Waals surface area contributed by atoms with Gasteiger partial charge in [0.15, 0.2) is 4.77 Å². The lowest BCUT2D eigenvalue weighted by Crippen LogP contribution is -2.08. The summed E-state index contributed by atoms with van der Waals surface area (Å²) in [5.41, 5.74) is 2.16. The molecular weight excluding hydrogens is 268 g/mol. The van der Waals surface area contributed by atoms with Crippen LogP contribution in [0.2, 0.25) is 0 Å². The fourth-order valence-corrected chi connectivity index (χ4v) is 3.04. The first-order valence-corrected chi connectivity index (χ1v) is 7.89. The summed E-state index contributed by atoms with van der Waals surface area (Å²) >= 11 is 5.53. The molecule has 1 aromatic heterocycles. The topological polar surface area (TPSA) is 29.9 Å². The van der Waals surface area contributed by atoms with E-state index in [9.17, 15) is 0 Å². The minimum atomic E-state index is 0.156. The minimum absolute atomic E-state index is 0.156. The van der Waals surface area contributed by atoms with E-state index < -0.39 is 0 Å². The van der Waals surface area contributed by atoms with Gasteiger partial charge in [-0.1, -0.05) is 26.3 Å². The Bertz CT molecular complexity index is 627. The number of hydrogen-bond donors (Lipinski definition) is 1. The zero-order chi connectivity index (χ0) is 14.7. The lowest BCUT2D eigenvalue weighted by molar-refractivity contribution is 0.245. The largest absolute Gasteiger partial charge is 0.489 e. The average Bonchev–Trinajstić information content (AvgIpc) is 2.73. The fourth-order valence-electron chi connectivity index (χ4n) is 2.69. The van der Waals surface area contributed by atoms with E-state index in [0.29, 0.717) is 6.04 Å². The molecule has 0 saturated heterocycles. The van der Waals surface area contributed by atoms with Crippen LogP contribution in [0.4, 0.5) is 0 Å². The second-order valence-corrected chi connectivity index (χ2v) is 5.85. The molecule has 0 fully saturated rings. The third kappa shape index (κ3) is 2.90. The van der Waals surface area contributed by atoms with Crippen LogP contribution in [0, 0.1) is 4.77 Å². The lowest BCUT2D eigenvalue weighted by atomic mass is 10.1. The molecule has 110 valence electrons. The quantitative estimate of drug-likeness (QED) is 0.738. The number of imidazole rings is 1. The lowest BCUT2D eigenvalue weighted by Gasteiger charge is -2.17. The van der Waals surface area contributed by atoms with Gasteiger partial charge in [0.2, 0.25) is 0 Å². The van der Waals surface area contributed by atoms with Crippen LogP contribution >= 0.6 is 12.2 Å². The first kappa shape index (κ1) is 15.1. The van der Waals surface area contributed by atoms with Crippen LogP contribution in [-0.2, 0) is 0 Å². The SMILES string of the molecule is CCCC(CC)n1c(=S)[nH]c2c(OC(C)C)cccc21. The Labute approximate surface area is 126 Å². The van der Waals surface area contributed by atoms with Gasteiger partial charge in [0, 0.05) is 6.04 Å². The Balaban J connectivity index is 2.57. The van der Waals surface area contributed by atoms with Gasteiger partial charge < -0.3 is 14.3 Å². The number of rotatable bonds is 6. The molecule has 0 radical (unpaired) electrons. The van der Waals surface area contributed by atoms with Gasteiger partial charge in [-0.3, -0.25) is 0 Å². The predicted octanol–water partition coefficient (Wildman–Crippen LogP) is 5.24. The summed E-state index contributed by atoms with van der Waals surface area (Å²) in [6, 6.07) is 6.61. The van der Waals surface area contributed by atoms with Crippen molar-refractivity contribution >= 4 is 23.3 Å². The third-order valence-corrected chi connectivity index (χ3v) is 3.83. The Morgan fingerprint density at radius 1 is 1.30 bits per heavy atom. The van der Waals surface area contributed by atoms with Crippen LogP contribution in [0.1, 0.15) is 53.0 Å². The van der Waals surface area contributed by atoms with Crippen molar-refractivity contribution in [1.82, 2.24) is 9.55 Å². The number of hydrogen-bond acceptors (Lipinski definition) is 2. The maximum absolute atomic E-state index is 5.88. The number of H-pyrrole nitrogens is 1. The van der Waals surface area contributed by atoms with Gasteiger partial charge in [-0.15, -0.1) is 0 Å².